The van der Waals surface area contributed by atoms with E-state index in [1.165, 1.54) is 0 Å². The molecule has 6 atom stereocenters. The average molecular weight is 392 g/mol. The van der Waals surface area contributed by atoms with Gasteiger partial charge in [0.1, 0.15) is 0 Å². The first-order valence-electron chi connectivity index (χ1n) is 6.85. The first-order chi connectivity index (χ1) is 9.15. The Bertz CT molecular complexity index is 358. The quantitative estimate of drug-likeness (QED) is 0.535. The van der Waals surface area contributed by atoms with Gasteiger partial charge in [0.05, 0.1) is 24.4 Å². The summed E-state index contributed by atoms with van der Waals surface area (Å²) in [6.45, 7) is 2.18. The Morgan fingerprint density at radius 2 is 2.11 bits per heavy atom. The van der Waals surface area contributed by atoms with Gasteiger partial charge < -0.3 is 9.47 Å². The molecule has 0 aliphatic carbocycles. The van der Waals surface area contributed by atoms with Crippen LogP contribution in [0.5, 0.6) is 0 Å². The number of hydrogen-bond acceptors (Lipinski definition) is 2. The van der Waals surface area contributed by atoms with Gasteiger partial charge in [0, 0.05) is 16.1 Å². The number of ether oxygens (including phenoxy) is 2. The maximum atomic E-state index is 6.29. The fourth-order valence-electron chi connectivity index (χ4n) is 2.63. The van der Waals surface area contributed by atoms with E-state index >= 15 is 0 Å². The van der Waals surface area contributed by atoms with Crippen LogP contribution in [0.2, 0.25) is 0 Å². The molecule has 0 aromatic rings. The minimum Gasteiger partial charge on any atom is -0.371 e. The molecule has 0 aromatic heterocycles. The lowest BCUT2D eigenvalue weighted by Gasteiger charge is -2.47. The molecular formula is C15H20Br2O2. The molecule has 0 spiro atoms. The van der Waals surface area contributed by atoms with Crippen molar-refractivity contribution in [3.05, 3.63) is 12.2 Å². The Kier molecular flexibility index (Phi) is 5.95. The summed E-state index contributed by atoms with van der Waals surface area (Å²) >= 11 is 7.46. The van der Waals surface area contributed by atoms with Crippen molar-refractivity contribution in [1.82, 2.24) is 0 Å². The fourth-order valence-corrected chi connectivity index (χ4v) is 3.68. The highest BCUT2D eigenvalue weighted by Gasteiger charge is 2.44. The molecule has 3 saturated heterocycles. The Morgan fingerprint density at radius 3 is 2.74 bits per heavy atom. The second-order valence-corrected chi connectivity index (χ2v) is 7.49. The molecule has 2 nitrogen and oxygen atoms in total. The van der Waals surface area contributed by atoms with E-state index in [1.54, 1.807) is 6.08 Å². The molecule has 0 saturated carbocycles. The third kappa shape index (κ3) is 3.85. The monoisotopic (exact) mass is 390 g/mol. The summed E-state index contributed by atoms with van der Waals surface area (Å²) in [4.78, 5) is 0.784. The first kappa shape index (κ1) is 15.6. The van der Waals surface area contributed by atoms with E-state index in [1.807, 2.05) is 6.08 Å². The number of rotatable bonds is 4. The van der Waals surface area contributed by atoms with Gasteiger partial charge in [-0.1, -0.05) is 50.8 Å². The van der Waals surface area contributed by atoms with Crippen LogP contribution in [-0.2, 0) is 9.47 Å². The summed E-state index contributed by atoms with van der Waals surface area (Å²) in [6, 6.07) is 0. The van der Waals surface area contributed by atoms with Crippen molar-refractivity contribution in [1.29, 1.82) is 0 Å². The van der Waals surface area contributed by atoms with Crippen LogP contribution < -0.4 is 0 Å². The van der Waals surface area contributed by atoms with Gasteiger partial charge in [-0.05, 0) is 25.3 Å². The topological polar surface area (TPSA) is 18.5 Å². The molecule has 19 heavy (non-hydrogen) atoms. The molecule has 1 unspecified atom stereocenters. The molecule has 4 heteroatoms. The van der Waals surface area contributed by atoms with Gasteiger partial charge in [0.25, 0.3) is 0 Å². The van der Waals surface area contributed by atoms with Crippen molar-refractivity contribution < 1.29 is 9.47 Å². The second kappa shape index (κ2) is 7.26. The smallest absolute Gasteiger partial charge is 0.0876 e. The van der Waals surface area contributed by atoms with Crippen LogP contribution in [0.3, 0.4) is 0 Å². The van der Waals surface area contributed by atoms with Crippen molar-refractivity contribution in [2.24, 2.45) is 0 Å². The lowest BCUT2D eigenvalue weighted by atomic mass is 9.90. The Hall–Kier alpha value is 0.180. The Balaban J connectivity index is 2.02. The zero-order valence-corrected chi connectivity index (χ0v) is 14.3. The minimum atomic E-state index is 0.123. The van der Waals surface area contributed by atoms with Gasteiger partial charge in [-0.25, -0.2) is 0 Å². The molecule has 0 N–H and O–H groups in total. The maximum Gasteiger partial charge on any atom is 0.0876 e. The number of allylic oxidation sites excluding steroid dienone is 1. The van der Waals surface area contributed by atoms with E-state index in [0.717, 1.165) is 25.7 Å². The standard InChI is InChI=1S/C15H20Br2O2/c1-3-5-6-7-12-15-9-14(19-15)11(17)8-13(18-12)10(16)4-2/h1,5-6,10-15H,4,7-9H2,2H3/b6-5+/t10?,11-,12+,13-,14-,15+/m1/s1. The highest BCUT2D eigenvalue weighted by molar-refractivity contribution is 9.09. The number of terminal acetylenes is 1. The molecule has 3 aliphatic rings. The predicted octanol–water partition coefficient (Wildman–Crippen LogP) is 3.82. The van der Waals surface area contributed by atoms with E-state index < -0.39 is 0 Å². The predicted molar refractivity (Wildman–Crippen MR) is 84.9 cm³/mol. The summed E-state index contributed by atoms with van der Waals surface area (Å²) in [6.07, 6.45) is 13.8. The first-order valence-corrected chi connectivity index (χ1v) is 8.69. The molecule has 3 heterocycles. The average Bonchev–Trinajstić information content (AvgIpc) is 2.32. The summed E-state index contributed by atoms with van der Waals surface area (Å²) in [5.74, 6) is 2.52. The van der Waals surface area contributed by atoms with Crippen molar-refractivity contribution in [3.8, 4) is 12.3 Å². The lowest BCUT2D eigenvalue weighted by molar-refractivity contribution is -0.213. The minimum absolute atomic E-state index is 0.123. The highest BCUT2D eigenvalue weighted by atomic mass is 79.9. The normalized spacial score (nSPS) is 40.0. The fraction of sp³-hybridized carbons (Fsp3) is 0.733. The summed E-state index contributed by atoms with van der Waals surface area (Å²) < 4.78 is 12.2. The largest absolute Gasteiger partial charge is 0.371 e. The van der Waals surface area contributed by atoms with Gasteiger partial charge in [-0.2, -0.15) is 0 Å². The molecule has 3 fully saturated rings. The zero-order valence-electron chi connectivity index (χ0n) is 11.1. The van der Waals surface area contributed by atoms with Crippen molar-refractivity contribution >= 4 is 31.9 Å². The van der Waals surface area contributed by atoms with Gasteiger partial charge in [0.2, 0.25) is 0 Å². The number of hydrogen-bond donors (Lipinski definition) is 0. The van der Waals surface area contributed by atoms with Crippen LogP contribution in [-0.4, -0.2) is 34.1 Å². The molecule has 106 valence electrons. The van der Waals surface area contributed by atoms with Gasteiger partial charge in [-0.15, -0.1) is 6.42 Å². The summed E-state index contributed by atoms with van der Waals surface area (Å²) in [5.41, 5.74) is 0. The van der Waals surface area contributed by atoms with Gasteiger partial charge >= 0.3 is 0 Å². The molecule has 3 aliphatic heterocycles. The van der Waals surface area contributed by atoms with E-state index in [9.17, 15) is 0 Å². The van der Waals surface area contributed by atoms with Gasteiger partial charge in [-0.3, -0.25) is 0 Å². The SMILES string of the molecule is C#C/C=C/C[C@@H]1O[C@@H](C(Br)CC)C[C@@H](Br)[C@H]2C[C@@H]1O2. The molecule has 0 aromatic carbocycles. The third-order valence-corrected chi connectivity index (χ3v) is 6.02. The van der Waals surface area contributed by atoms with Gasteiger partial charge in [0.15, 0.2) is 0 Å². The third-order valence-electron chi connectivity index (χ3n) is 3.82. The zero-order chi connectivity index (χ0) is 13.8. The summed E-state index contributed by atoms with van der Waals surface area (Å²) in [7, 11) is 0. The maximum absolute atomic E-state index is 6.29. The van der Waals surface area contributed by atoms with Crippen LogP contribution >= 0.6 is 31.9 Å². The Labute approximate surface area is 132 Å². The lowest BCUT2D eigenvalue weighted by Crippen LogP contribution is -2.55. The van der Waals surface area contributed by atoms with E-state index in [2.05, 4.69) is 44.7 Å². The second-order valence-electron chi connectivity index (χ2n) is 5.14. The number of fused-ring (bicyclic) bond motifs is 4. The molecular weight excluding hydrogens is 372 g/mol. The summed E-state index contributed by atoms with van der Waals surface area (Å²) in [5, 5.41) is 0. The van der Waals surface area contributed by atoms with Crippen molar-refractivity contribution in [2.45, 2.75) is 66.7 Å². The molecule has 2 bridgehead atoms. The van der Waals surface area contributed by atoms with Crippen molar-refractivity contribution in [2.75, 3.05) is 0 Å². The molecule has 0 amide bonds. The highest BCUT2D eigenvalue weighted by Crippen LogP contribution is 2.39. The Morgan fingerprint density at radius 1 is 1.37 bits per heavy atom. The van der Waals surface area contributed by atoms with E-state index in [4.69, 9.17) is 15.9 Å². The van der Waals surface area contributed by atoms with Crippen LogP contribution in [0.15, 0.2) is 12.2 Å². The van der Waals surface area contributed by atoms with E-state index in [-0.39, 0.29) is 18.3 Å². The number of halogens is 2. The number of alkyl halides is 2. The van der Waals surface area contributed by atoms with Crippen LogP contribution in [0, 0.1) is 12.3 Å². The van der Waals surface area contributed by atoms with Crippen LogP contribution in [0.25, 0.3) is 0 Å². The molecule has 3 rings (SSSR count). The van der Waals surface area contributed by atoms with E-state index in [0.29, 0.717) is 15.8 Å². The van der Waals surface area contributed by atoms with Crippen LogP contribution in [0.1, 0.15) is 32.6 Å². The van der Waals surface area contributed by atoms with Crippen LogP contribution in [0.4, 0.5) is 0 Å². The van der Waals surface area contributed by atoms with Crippen molar-refractivity contribution in [3.63, 3.8) is 0 Å². The molecule has 0 radical (unpaired) electrons.